The fraction of sp³-hybridized carbons (Fsp3) is 0.571. The van der Waals surface area contributed by atoms with Gasteiger partial charge in [-0.05, 0) is 75.2 Å². The molecule has 1 saturated heterocycles. The molecule has 1 aliphatic heterocycles. The molecule has 1 atom stereocenters. The summed E-state index contributed by atoms with van der Waals surface area (Å²) in [6.45, 7) is 11.4. The summed E-state index contributed by atoms with van der Waals surface area (Å²) in [4.78, 5) is 8.58. The van der Waals surface area contributed by atoms with Gasteiger partial charge in [-0.15, -0.1) is 11.3 Å². The predicted molar refractivity (Wildman–Crippen MR) is 105 cm³/mol. The van der Waals surface area contributed by atoms with Gasteiger partial charge in [0, 0.05) is 41.9 Å². The topological polar surface area (TPSA) is 25.4 Å². The molecule has 136 valence electrons. The van der Waals surface area contributed by atoms with Gasteiger partial charge in [-0.25, -0.2) is 0 Å². The maximum absolute atomic E-state index is 5.90. The van der Waals surface area contributed by atoms with Gasteiger partial charge in [0.05, 0.1) is 6.61 Å². The van der Waals surface area contributed by atoms with Gasteiger partial charge in [-0.3, -0.25) is 9.88 Å². The first kappa shape index (κ1) is 18.6. The van der Waals surface area contributed by atoms with Crippen LogP contribution in [0, 0.1) is 19.3 Å². The van der Waals surface area contributed by atoms with Crippen LogP contribution >= 0.6 is 11.3 Å². The van der Waals surface area contributed by atoms with Crippen LogP contribution in [0.3, 0.4) is 0 Å². The minimum Gasteiger partial charge on any atom is -0.381 e. The van der Waals surface area contributed by atoms with E-state index in [0.717, 1.165) is 32.8 Å². The van der Waals surface area contributed by atoms with Crippen LogP contribution in [0.15, 0.2) is 29.8 Å². The molecular formula is C21H30N2OS. The van der Waals surface area contributed by atoms with Gasteiger partial charge in [-0.2, -0.15) is 0 Å². The number of hydrogen-bond acceptors (Lipinski definition) is 4. The van der Waals surface area contributed by atoms with Gasteiger partial charge < -0.3 is 4.74 Å². The third-order valence-electron chi connectivity index (χ3n) is 5.50. The van der Waals surface area contributed by atoms with Gasteiger partial charge in [0.1, 0.15) is 0 Å². The van der Waals surface area contributed by atoms with Crippen LogP contribution in [0.2, 0.25) is 0 Å². The normalized spacial score (nSPS) is 21.1. The van der Waals surface area contributed by atoms with Gasteiger partial charge >= 0.3 is 0 Å². The Morgan fingerprint density at radius 2 is 2.20 bits per heavy atom. The standard InChI is InChI=1S/C21H30N2OS/c1-4-24-16-21(9-7-19-6-5-13-25-19)10-12-23(15-21)14-20-17(2)8-11-22-18(20)3/h5-6,8,11,13H,4,7,9-10,12,14-16H2,1-3H3/t21-/m0/s1. The summed E-state index contributed by atoms with van der Waals surface area (Å²) in [5.41, 5.74) is 4.21. The summed E-state index contributed by atoms with van der Waals surface area (Å²) in [6, 6.07) is 6.54. The number of aryl methyl sites for hydroxylation is 3. The largest absolute Gasteiger partial charge is 0.381 e. The zero-order chi connectivity index (χ0) is 17.7. The van der Waals surface area contributed by atoms with E-state index in [1.54, 1.807) is 0 Å². The van der Waals surface area contributed by atoms with E-state index >= 15 is 0 Å². The maximum Gasteiger partial charge on any atom is 0.0535 e. The predicted octanol–water partition coefficient (Wildman–Crippen LogP) is 4.62. The van der Waals surface area contributed by atoms with E-state index in [-0.39, 0.29) is 0 Å². The Morgan fingerprint density at radius 1 is 1.32 bits per heavy atom. The lowest BCUT2D eigenvalue weighted by atomic mass is 9.83. The lowest BCUT2D eigenvalue weighted by Gasteiger charge is -2.29. The molecule has 3 rings (SSSR count). The monoisotopic (exact) mass is 358 g/mol. The van der Waals surface area contributed by atoms with Crippen LogP contribution in [-0.4, -0.2) is 36.2 Å². The first-order chi connectivity index (χ1) is 12.1. The van der Waals surface area contributed by atoms with Crippen molar-refractivity contribution in [2.45, 2.75) is 46.6 Å². The number of thiophene rings is 1. The van der Waals surface area contributed by atoms with Gasteiger partial charge in [0.25, 0.3) is 0 Å². The fourth-order valence-electron chi connectivity index (χ4n) is 3.91. The second kappa shape index (κ2) is 8.43. The van der Waals surface area contributed by atoms with E-state index in [9.17, 15) is 0 Å². The van der Waals surface area contributed by atoms with E-state index in [4.69, 9.17) is 4.74 Å². The Labute approximate surface area is 156 Å². The minimum atomic E-state index is 0.296. The Morgan fingerprint density at radius 3 is 2.92 bits per heavy atom. The second-order valence-corrected chi connectivity index (χ2v) is 8.40. The van der Waals surface area contributed by atoms with E-state index < -0.39 is 0 Å². The second-order valence-electron chi connectivity index (χ2n) is 7.37. The highest BCUT2D eigenvalue weighted by Gasteiger charge is 2.38. The van der Waals surface area contributed by atoms with Crippen molar-refractivity contribution in [3.05, 3.63) is 51.5 Å². The van der Waals surface area contributed by atoms with Gasteiger partial charge in [-0.1, -0.05) is 6.07 Å². The Kier molecular flexibility index (Phi) is 6.26. The van der Waals surface area contributed by atoms with Crippen molar-refractivity contribution in [3.63, 3.8) is 0 Å². The summed E-state index contributed by atoms with van der Waals surface area (Å²) < 4.78 is 5.90. The quantitative estimate of drug-likeness (QED) is 0.688. The first-order valence-corrected chi connectivity index (χ1v) is 10.2. The van der Waals surface area contributed by atoms with Crippen LogP contribution < -0.4 is 0 Å². The molecule has 0 aliphatic carbocycles. The maximum atomic E-state index is 5.90. The zero-order valence-corrected chi connectivity index (χ0v) is 16.6. The SMILES string of the molecule is CCOC[C@@]1(CCc2cccs2)CCN(Cc2c(C)ccnc2C)C1. The van der Waals surface area contributed by atoms with Crippen LogP contribution in [0.25, 0.3) is 0 Å². The molecule has 4 heteroatoms. The molecule has 0 unspecified atom stereocenters. The van der Waals surface area contributed by atoms with Gasteiger partial charge in [0.2, 0.25) is 0 Å². The summed E-state index contributed by atoms with van der Waals surface area (Å²) in [5.74, 6) is 0. The molecule has 1 aliphatic rings. The minimum absolute atomic E-state index is 0.296. The number of pyridine rings is 1. The third kappa shape index (κ3) is 4.69. The Bertz CT molecular complexity index is 650. The van der Waals surface area contributed by atoms with E-state index in [1.165, 1.54) is 41.0 Å². The summed E-state index contributed by atoms with van der Waals surface area (Å²) in [7, 11) is 0. The van der Waals surface area contributed by atoms with Gasteiger partial charge in [0.15, 0.2) is 0 Å². The molecular weight excluding hydrogens is 328 g/mol. The molecule has 3 heterocycles. The molecule has 2 aromatic rings. The molecule has 25 heavy (non-hydrogen) atoms. The highest BCUT2D eigenvalue weighted by Crippen LogP contribution is 2.37. The molecule has 0 N–H and O–H groups in total. The molecule has 1 fully saturated rings. The van der Waals surface area contributed by atoms with Crippen molar-refractivity contribution in [1.82, 2.24) is 9.88 Å². The summed E-state index contributed by atoms with van der Waals surface area (Å²) in [5, 5.41) is 2.18. The van der Waals surface area contributed by atoms with Crippen LogP contribution in [0.5, 0.6) is 0 Å². The lowest BCUT2D eigenvalue weighted by molar-refractivity contribution is 0.0490. The van der Waals surface area contributed by atoms with Crippen LogP contribution in [0.4, 0.5) is 0 Å². The Balaban J connectivity index is 1.66. The number of likely N-dealkylation sites (tertiary alicyclic amines) is 1. The third-order valence-corrected chi connectivity index (χ3v) is 6.43. The molecule has 0 bridgehead atoms. The molecule has 0 amide bonds. The molecule has 3 nitrogen and oxygen atoms in total. The number of aromatic nitrogens is 1. The number of hydrogen-bond donors (Lipinski definition) is 0. The zero-order valence-electron chi connectivity index (χ0n) is 15.8. The lowest BCUT2D eigenvalue weighted by Crippen LogP contribution is -2.32. The number of nitrogens with zero attached hydrogens (tertiary/aromatic N) is 2. The Hall–Kier alpha value is -1.23. The first-order valence-electron chi connectivity index (χ1n) is 9.35. The van der Waals surface area contributed by atoms with Crippen molar-refractivity contribution in [1.29, 1.82) is 0 Å². The van der Waals surface area contributed by atoms with Crippen molar-refractivity contribution in [2.24, 2.45) is 5.41 Å². The molecule has 0 radical (unpaired) electrons. The molecule has 0 aromatic carbocycles. The van der Waals surface area contributed by atoms with Crippen molar-refractivity contribution < 1.29 is 4.74 Å². The van der Waals surface area contributed by atoms with Crippen LogP contribution in [0.1, 0.15) is 41.5 Å². The summed E-state index contributed by atoms with van der Waals surface area (Å²) >= 11 is 1.87. The highest BCUT2D eigenvalue weighted by molar-refractivity contribution is 7.09. The van der Waals surface area contributed by atoms with E-state index in [1.807, 2.05) is 17.5 Å². The number of rotatable bonds is 8. The van der Waals surface area contributed by atoms with E-state index in [0.29, 0.717) is 5.41 Å². The molecule has 2 aromatic heterocycles. The molecule has 0 saturated carbocycles. The average Bonchev–Trinajstić information content (AvgIpc) is 3.25. The van der Waals surface area contributed by atoms with E-state index in [2.05, 4.69) is 54.2 Å². The van der Waals surface area contributed by atoms with Crippen LogP contribution in [-0.2, 0) is 17.7 Å². The van der Waals surface area contributed by atoms with Crippen molar-refractivity contribution in [3.8, 4) is 0 Å². The van der Waals surface area contributed by atoms with Crippen molar-refractivity contribution in [2.75, 3.05) is 26.3 Å². The average molecular weight is 359 g/mol. The molecule has 0 spiro atoms. The highest BCUT2D eigenvalue weighted by atomic mass is 32.1. The summed E-state index contributed by atoms with van der Waals surface area (Å²) in [6.07, 6.45) is 5.54. The fourth-order valence-corrected chi connectivity index (χ4v) is 4.61. The van der Waals surface area contributed by atoms with Crippen molar-refractivity contribution >= 4 is 11.3 Å². The smallest absolute Gasteiger partial charge is 0.0535 e. The number of ether oxygens (including phenoxy) is 1.